The number of carbonyl (C=O) groups excluding carboxylic acids is 2. The molecule has 2 N–H and O–H groups in total. The second kappa shape index (κ2) is 6.63. The highest BCUT2D eigenvalue weighted by Crippen LogP contribution is 2.24. The number of aromatic nitrogens is 2. The average Bonchev–Trinajstić information content (AvgIpc) is 3.28. The molecule has 1 aliphatic rings. The molecular formula is C20H20N4O2. The van der Waals surface area contributed by atoms with Crippen LogP contribution in [0.3, 0.4) is 0 Å². The van der Waals surface area contributed by atoms with Crippen molar-refractivity contribution in [3.63, 3.8) is 0 Å². The van der Waals surface area contributed by atoms with E-state index in [0.29, 0.717) is 24.2 Å². The summed E-state index contributed by atoms with van der Waals surface area (Å²) in [5.74, 6) is -0.492. The number of primary amides is 1. The Morgan fingerprint density at radius 2 is 1.88 bits per heavy atom. The summed E-state index contributed by atoms with van der Waals surface area (Å²) in [5.41, 5.74) is 7.46. The van der Waals surface area contributed by atoms with Crippen LogP contribution in [0.1, 0.15) is 28.4 Å². The first kappa shape index (κ1) is 16.3. The van der Waals surface area contributed by atoms with Crippen molar-refractivity contribution in [2.24, 2.45) is 5.73 Å². The van der Waals surface area contributed by atoms with Crippen LogP contribution in [0.15, 0.2) is 54.7 Å². The SMILES string of the molecule is NC(=O)c1ccccc1CC(=O)N1CCC(n2cc3ccccc3n2)C1. The third kappa shape index (κ3) is 3.06. The molecule has 2 aromatic carbocycles. The molecule has 1 aromatic heterocycles. The number of hydrogen-bond acceptors (Lipinski definition) is 3. The van der Waals surface area contributed by atoms with E-state index in [1.807, 2.05) is 46.1 Å². The van der Waals surface area contributed by atoms with Crippen molar-refractivity contribution in [1.29, 1.82) is 0 Å². The zero-order valence-corrected chi connectivity index (χ0v) is 14.3. The van der Waals surface area contributed by atoms with E-state index in [-0.39, 0.29) is 18.4 Å². The van der Waals surface area contributed by atoms with Gasteiger partial charge in [0.25, 0.3) is 0 Å². The van der Waals surface area contributed by atoms with Gasteiger partial charge in [0.15, 0.2) is 0 Å². The van der Waals surface area contributed by atoms with Crippen LogP contribution in [0.5, 0.6) is 0 Å². The summed E-state index contributed by atoms with van der Waals surface area (Å²) in [6.07, 6.45) is 3.10. The van der Waals surface area contributed by atoms with Crippen molar-refractivity contribution >= 4 is 22.7 Å². The van der Waals surface area contributed by atoms with Crippen molar-refractivity contribution < 1.29 is 9.59 Å². The Morgan fingerprint density at radius 3 is 2.69 bits per heavy atom. The summed E-state index contributed by atoms with van der Waals surface area (Å²) >= 11 is 0. The van der Waals surface area contributed by atoms with Crippen LogP contribution in [0.25, 0.3) is 10.9 Å². The third-order valence-corrected chi connectivity index (χ3v) is 4.95. The van der Waals surface area contributed by atoms with Gasteiger partial charge in [0.05, 0.1) is 18.0 Å². The molecule has 1 fully saturated rings. The third-order valence-electron chi connectivity index (χ3n) is 4.95. The highest BCUT2D eigenvalue weighted by molar-refractivity contribution is 5.95. The molecule has 1 aliphatic heterocycles. The van der Waals surface area contributed by atoms with E-state index in [4.69, 9.17) is 5.73 Å². The molecule has 6 heteroatoms. The lowest BCUT2D eigenvalue weighted by molar-refractivity contribution is -0.129. The predicted octanol–water partition coefficient (Wildman–Crippen LogP) is 2.15. The molecule has 0 bridgehead atoms. The molecule has 0 saturated carbocycles. The fourth-order valence-electron chi connectivity index (χ4n) is 3.54. The zero-order chi connectivity index (χ0) is 18.1. The molecule has 0 spiro atoms. The second-order valence-corrected chi connectivity index (χ2v) is 6.65. The standard InChI is InChI=1S/C20H20N4O2/c21-20(26)17-7-3-1-5-14(17)11-19(25)23-10-9-16(13-23)24-12-15-6-2-4-8-18(15)22-24/h1-8,12,16H,9-11,13H2,(H2,21,26). The summed E-state index contributed by atoms with van der Waals surface area (Å²) in [6.45, 7) is 1.32. The number of likely N-dealkylation sites (tertiary alicyclic amines) is 1. The molecule has 1 atom stereocenters. The molecule has 132 valence electrons. The normalized spacial score (nSPS) is 16.9. The Morgan fingerprint density at radius 1 is 1.12 bits per heavy atom. The molecule has 2 amide bonds. The Kier molecular flexibility index (Phi) is 4.16. The quantitative estimate of drug-likeness (QED) is 0.784. The van der Waals surface area contributed by atoms with E-state index in [0.717, 1.165) is 17.3 Å². The van der Waals surface area contributed by atoms with Crippen LogP contribution in [-0.2, 0) is 11.2 Å². The monoisotopic (exact) mass is 348 g/mol. The molecule has 1 saturated heterocycles. The minimum absolute atomic E-state index is 0.0120. The van der Waals surface area contributed by atoms with Crippen LogP contribution in [0.2, 0.25) is 0 Å². The molecule has 0 radical (unpaired) electrons. The van der Waals surface area contributed by atoms with Gasteiger partial charge >= 0.3 is 0 Å². The number of hydrogen-bond donors (Lipinski definition) is 1. The van der Waals surface area contributed by atoms with Crippen LogP contribution >= 0.6 is 0 Å². The lowest BCUT2D eigenvalue weighted by Crippen LogP contribution is -2.31. The predicted molar refractivity (Wildman–Crippen MR) is 98.6 cm³/mol. The van der Waals surface area contributed by atoms with Gasteiger partial charge < -0.3 is 10.6 Å². The van der Waals surface area contributed by atoms with Gasteiger partial charge in [0.2, 0.25) is 11.8 Å². The van der Waals surface area contributed by atoms with Crippen molar-refractivity contribution in [2.45, 2.75) is 18.9 Å². The summed E-state index contributed by atoms with van der Waals surface area (Å²) in [4.78, 5) is 26.1. The van der Waals surface area contributed by atoms with Gasteiger partial charge in [-0.1, -0.05) is 36.4 Å². The summed E-state index contributed by atoms with van der Waals surface area (Å²) in [5, 5.41) is 5.73. The summed E-state index contributed by atoms with van der Waals surface area (Å²) in [6, 6.07) is 15.2. The molecule has 3 aromatic rings. The summed E-state index contributed by atoms with van der Waals surface area (Å²) in [7, 11) is 0. The van der Waals surface area contributed by atoms with Gasteiger partial charge in [-0.05, 0) is 24.1 Å². The van der Waals surface area contributed by atoms with Gasteiger partial charge in [-0.3, -0.25) is 14.3 Å². The highest BCUT2D eigenvalue weighted by atomic mass is 16.2. The van der Waals surface area contributed by atoms with E-state index in [2.05, 4.69) is 5.10 Å². The molecule has 4 rings (SSSR count). The first-order valence-corrected chi connectivity index (χ1v) is 8.71. The number of nitrogens with zero attached hydrogens (tertiary/aromatic N) is 3. The van der Waals surface area contributed by atoms with Crippen LogP contribution in [-0.4, -0.2) is 39.6 Å². The topological polar surface area (TPSA) is 81.2 Å². The number of fused-ring (bicyclic) bond motifs is 1. The fourth-order valence-corrected chi connectivity index (χ4v) is 3.54. The Labute approximate surface area is 151 Å². The van der Waals surface area contributed by atoms with Crippen molar-refractivity contribution in [1.82, 2.24) is 14.7 Å². The van der Waals surface area contributed by atoms with E-state index >= 15 is 0 Å². The summed E-state index contributed by atoms with van der Waals surface area (Å²) < 4.78 is 1.97. The van der Waals surface area contributed by atoms with Gasteiger partial charge in [-0.2, -0.15) is 5.10 Å². The molecule has 0 aliphatic carbocycles. The molecule has 26 heavy (non-hydrogen) atoms. The van der Waals surface area contributed by atoms with Gasteiger partial charge in [0, 0.05) is 30.2 Å². The molecule has 2 heterocycles. The fraction of sp³-hybridized carbons (Fsp3) is 0.250. The molecule has 6 nitrogen and oxygen atoms in total. The smallest absolute Gasteiger partial charge is 0.248 e. The highest BCUT2D eigenvalue weighted by Gasteiger charge is 2.28. The largest absolute Gasteiger partial charge is 0.366 e. The number of carbonyl (C=O) groups is 2. The first-order chi connectivity index (χ1) is 12.6. The Balaban J connectivity index is 1.47. The average molecular weight is 348 g/mol. The lowest BCUT2D eigenvalue weighted by atomic mass is 10.0. The Bertz CT molecular complexity index is 946. The maximum absolute atomic E-state index is 12.7. The Hall–Kier alpha value is -3.15. The minimum atomic E-state index is -0.504. The maximum atomic E-state index is 12.7. The van der Waals surface area contributed by atoms with E-state index < -0.39 is 5.91 Å². The van der Waals surface area contributed by atoms with Crippen LogP contribution in [0.4, 0.5) is 0 Å². The molecular weight excluding hydrogens is 328 g/mol. The van der Waals surface area contributed by atoms with Crippen LogP contribution < -0.4 is 5.73 Å². The number of benzene rings is 2. The van der Waals surface area contributed by atoms with E-state index in [1.54, 1.807) is 18.2 Å². The van der Waals surface area contributed by atoms with Crippen molar-refractivity contribution in [3.05, 3.63) is 65.9 Å². The van der Waals surface area contributed by atoms with Gasteiger partial charge in [-0.25, -0.2) is 0 Å². The maximum Gasteiger partial charge on any atom is 0.248 e. The molecule has 1 unspecified atom stereocenters. The van der Waals surface area contributed by atoms with Crippen molar-refractivity contribution in [2.75, 3.05) is 13.1 Å². The first-order valence-electron chi connectivity index (χ1n) is 8.71. The van der Waals surface area contributed by atoms with E-state index in [9.17, 15) is 9.59 Å². The lowest BCUT2D eigenvalue weighted by Gasteiger charge is -2.17. The second-order valence-electron chi connectivity index (χ2n) is 6.65. The number of rotatable bonds is 4. The number of nitrogens with two attached hydrogens (primary N) is 1. The number of amides is 2. The van der Waals surface area contributed by atoms with Crippen LogP contribution in [0, 0.1) is 0 Å². The van der Waals surface area contributed by atoms with Gasteiger partial charge in [0.1, 0.15) is 0 Å². The van der Waals surface area contributed by atoms with Crippen molar-refractivity contribution in [3.8, 4) is 0 Å². The van der Waals surface area contributed by atoms with E-state index in [1.165, 1.54) is 0 Å². The zero-order valence-electron chi connectivity index (χ0n) is 14.3. The van der Waals surface area contributed by atoms with Gasteiger partial charge in [-0.15, -0.1) is 0 Å². The minimum Gasteiger partial charge on any atom is -0.366 e.